The summed E-state index contributed by atoms with van der Waals surface area (Å²) in [5.41, 5.74) is 0.115. The summed E-state index contributed by atoms with van der Waals surface area (Å²) in [6.07, 6.45) is 6.65. The summed E-state index contributed by atoms with van der Waals surface area (Å²) in [5.74, 6) is 0.857. The van der Waals surface area contributed by atoms with Gasteiger partial charge in [0, 0.05) is 19.2 Å². The van der Waals surface area contributed by atoms with E-state index < -0.39 is 0 Å². The summed E-state index contributed by atoms with van der Waals surface area (Å²) >= 11 is 0. The van der Waals surface area contributed by atoms with Crippen LogP contribution in [0.2, 0.25) is 0 Å². The number of ether oxygens (including phenoxy) is 1. The molecular weight excluding hydrogens is 198 g/mol. The van der Waals surface area contributed by atoms with Gasteiger partial charge in [0.2, 0.25) is 0 Å². The third-order valence-corrected chi connectivity index (χ3v) is 4.26. The van der Waals surface area contributed by atoms with Gasteiger partial charge in [-0.05, 0) is 58.4 Å². The molecular formula is C14H27NO. The molecule has 0 spiro atoms. The van der Waals surface area contributed by atoms with Gasteiger partial charge in [0.1, 0.15) is 0 Å². The van der Waals surface area contributed by atoms with Crippen LogP contribution < -0.4 is 0 Å². The molecule has 2 heteroatoms. The molecule has 2 aliphatic rings. The Morgan fingerprint density at radius 3 is 2.81 bits per heavy atom. The molecule has 0 bridgehead atoms. The van der Waals surface area contributed by atoms with E-state index in [2.05, 4.69) is 25.7 Å². The van der Waals surface area contributed by atoms with Gasteiger partial charge in [-0.15, -0.1) is 0 Å². The zero-order chi connectivity index (χ0) is 11.6. The summed E-state index contributed by atoms with van der Waals surface area (Å²) in [6.45, 7) is 10.4. The van der Waals surface area contributed by atoms with Crippen molar-refractivity contribution in [2.45, 2.75) is 64.5 Å². The number of rotatable bonds is 3. The van der Waals surface area contributed by atoms with Gasteiger partial charge in [0.15, 0.2) is 0 Å². The molecule has 0 N–H and O–H groups in total. The maximum atomic E-state index is 5.79. The molecule has 94 valence electrons. The summed E-state index contributed by atoms with van der Waals surface area (Å²) < 4.78 is 5.79. The Hall–Kier alpha value is -0.0800. The first-order chi connectivity index (χ1) is 7.61. The fraction of sp³-hybridized carbons (Fsp3) is 1.00. The Bertz CT molecular complexity index is 227. The van der Waals surface area contributed by atoms with Gasteiger partial charge < -0.3 is 9.64 Å². The molecule has 0 aliphatic carbocycles. The standard InChI is InChI=1S/C14H27NO/c1-4-13-6-5-8-15(13)11-12-7-9-16-14(2,3)10-12/h12-13H,4-11H2,1-3H3. The van der Waals surface area contributed by atoms with E-state index in [0.717, 1.165) is 18.6 Å². The Balaban J connectivity index is 1.84. The largest absolute Gasteiger partial charge is 0.376 e. The fourth-order valence-corrected chi connectivity index (χ4v) is 3.44. The lowest BCUT2D eigenvalue weighted by Crippen LogP contribution is -2.40. The summed E-state index contributed by atoms with van der Waals surface area (Å²) in [6, 6.07) is 0.867. The predicted octanol–water partition coefficient (Wildman–Crippen LogP) is 3.07. The van der Waals surface area contributed by atoms with Crippen LogP contribution in [0, 0.1) is 5.92 Å². The Morgan fingerprint density at radius 2 is 2.12 bits per heavy atom. The van der Waals surface area contributed by atoms with Crippen LogP contribution in [0.25, 0.3) is 0 Å². The highest BCUT2D eigenvalue weighted by Gasteiger charge is 2.32. The second-order valence-electron chi connectivity index (χ2n) is 6.17. The van der Waals surface area contributed by atoms with Crippen molar-refractivity contribution in [3.8, 4) is 0 Å². The van der Waals surface area contributed by atoms with E-state index in [0.29, 0.717) is 0 Å². The van der Waals surface area contributed by atoms with E-state index in [1.807, 2.05) is 0 Å². The van der Waals surface area contributed by atoms with E-state index in [1.54, 1.807) is 0 Å². The lowest BCUT2D eigenvalue weighted by Gasteiger charge is -2.38. The van der Waals surface area contributed by atoms with Crippen LogP contribution in [0.3, 0.4) is 0 Å². The van der Waals surface area contributed by atoms with Crippen molar-refractivity contribution in [2.75, 3.05) is 19.7 Å². The Labute approximate surface area is 100 Å². The van der Waals surface area contributed by atoms with E-state index in [1.165, 1.54) is 45.2 Å². The van der Waals surface area contributed by atoms with E-state index in [-0.39, 0.29) is 5.60 Å². The highest BCUT2D eigenvalue weighted by atomic mass is 16.5. The fourth-order valence-electron chi connectivity index (χ4n) is 3.44. The van der Waals surface area contributed by atoms with E-state index in [9.17, 15) is 0 Å². The molecule has 2 fully saturated rings. The van der Waals surface area contributed by atoms with Gasteiger partial charge in [-0.2, -0.15) is 0 Å². The maximum absolute atomic E-state index is 5.79. The van der Waals surface area contributed by atoms with E-state index in [4.69, 9.17) is 4.74 Å². The van der Waals surface area contributed by atoms with Crippen molar-refractivity contribution in [3.05, 3.63) is 0 Å². The quantitative estimate of drug-likeness (QED) is 0.732. The molecule has 2 aliphatic heterocycles. The number of hydrogen-bond acceptors (Lipinski definition) is 2. The van der Waals surface area contributed by atoms with Gasteiger partial charge >= 0.3 is 0 Å². The smallest absolute Gasteiger partial charge is 0.0629 e. The molecule has 0 aromatic heterocycles. The molecule has 16 heavy (non-hydrogen) atoms. The predicted molar refractivity (Wildman–Crippen MR) is 67.6 cm³/mol. The lowest BCUT2D eigenvalue weighted by atomic mass is 9.88. The number of hydrogen-bond donors (Lipinski definition) is 0. The number of nitrogens with zero attached hydrogens (tertiary/aromatic N) is 1. The minimum atomic E-state index is 0.115. The molecule has 2 atom stereocenters. The summed E-state index contributed by atoms with van der Waals surface area (Å²) in [4.78, 5) is 2.73. The van der Waals surface area contributed by atoms with Crippen molar-refractivity contribution >= 4 is 0 Å². The topological polar surface area (TPSA) is 12.5 Å². The second kappa shape index (κ2) is 5.05. The van der Waals surface area contributed by atoms with Crippen molar-refractivity contribution in [2.24, 2.45) is 5.92 Å². The molecule has 0 aromatic rings. The molecule has 0 aromatic carbocycles. The van der Waals surface area contributed by atoms with Crippen molar-refractivity contribution in [1.82, 2.24) is 4.90 Å². The molecule has 2 nitrogen and oxygen atoms in total. The minimum Gasteiger partial charge on any atom is -0.376 e. The molecule has 2 rings (SSSR count). The third kappa shape index (κ3) is 2.98. The van der Waals surface area contributed by atoms with Crippen LogP contribution in [0.5, 0.6) is 0 Å². The van der Waals surface area contributed by atoms with E-state index >= 15 is 0 Å². The van der Waals surface area contributed by atoms with Crippen molar-refractivity contribution in [3.63, 3.8) is 0 Å². The van der Waals surface area contributed by atoms with Gasteiger partial charge in [0.05, 0.1) is 5.60 Å². The van der Waals surface area contributed by atoms with Gasteiger partial charge in [-0.1, -0.05) is 6.92 Å². The van der Waals surface area contributed by atoms with Crippen LogP contribution in [0.1, 0.15) is 52.9 Å². The normalized spacial score (nSPS) is 35.4. The van der Waals surface area contributed by atoms with Crippen LogP contribution >= 0.6 is 0 Å². The first kappa shape index (κ1) is 12.4. The average molecular weight is 225 g/mol. The zero-order valence-corrected chi connectivity index (χ0v) is 11.2. The van der Waals surface area contributed by atoms with Crippen LogP contribution in [0.4, 0.5) is 0 Å². The minimum absolute atomic E-state index is 0.115. The zero-order valence-electron chi connectivity index (χ0n) is 11.2. The Morgan fingerprint density at radius 1 is 1.31 bits per heavy atom. The third-order valence-electron chi connectivity index (χ3n) is 4.26. The average Bonchev–Trinajstić information content (AvgIpc) is 2.63. The highest BCUT2D eigenvalue weighted by molar-refractivity contribution is 4.84. The van der Waals surface area contributed by atoms with Gasteiger partial charge in [-0.25, -0.2) is 0 Å². The van der Waals surface area contributed by atoms with Gasteiger partial charge in [-0.3, -0.25) is 0 Å². The first-order valence-electron chi connectivity index (χ1n) is 6.99. The van der Waals surface area contributed by atoms with Gasteiger partial charge in [0.25, 0.3) is 0 Å². The SMILES string of the molecule is CCC1CCCN1CC1CCOC(C)(C)C1. The highest BCUT2D eigenvalue weighted by Crippen LogP contribution is 2.31. The van der Waals surface area contributed by atoms with Crippen LogP contribution in [0.15, 0.2) is 0 Å². The summed E-state index contributed by atoms with van der Waals surface area (Å²) in [7, 11) is 0. The van der Waals surface area contributed by atoms with Crippen LogP contribution in [-0.2, 0) is 4.74 Å². The molecule has 0 saturated carbocycles. The maximum Gasteiger partial charge on any atom is 0.0629 e. The number of likely N-dealkylation sites (tertiary alicyclic amines) is 1. The second-order valence-corrected chi connectivity index (χ2v) is 6.17. The molecule has 0 amide bonds. The van der Waals surface area contributed by atoms with Crippen molar-refractivity contribution in [1.29, 1.82) is 0 Å². The Kier molecular flexibility index (Phi) is 3.91. The molecule has 0 radical (unpaired) electrons. The monoisotopic (exact) mass is 225 g/mol. The van der Waals surface area contributed by atoms with Crippen molar-refractivity contribution < 1.29 is 4.74 Å². The van der Waals surface area contributed by atoms with Crippen LogP contribution in [-0.4, -0.2) is 36.2 Å². The summed E-state index contributed by atoms with van der Waals surface area (Å²) in [5, 5.41) is 0. The molecule has 2 unspecified atom stereocenters. The molecule has 2 saturated heterocycles. The first-order valence-corrected chi connectivity index (χ1v) is 6.99. The lowest BCUT2D eigenvalue weighted by molar-refractivity contribution is -0.0773. The molecule has 2 heterocycles.